The van der Waals surface area contributed by atoms with E-state index in [1.807, 2.05) is 0 Å². The lowest BCUT2D eigenvalue weighted by Crippen LogP contribution is -2.45. The molecule has 1 aromatic carbocycles. The summed E-state index contributed by atoms with van der Waals surface area (Å²) in [5.74, 6) is -5.11. The average molecular weight is 303 g/mol. The van der Waals surface area contributed by atoms with E-state index in [9.17, 15) is 36.5 Å². The second-order valence-corrected chi connectivity index (χ2v) is 3.70. The van der Waals surface area contributed by atoms with E-state index in [1.165, 1.54) is 0 Å². The third-order valence-corrected chi connectivity index (χ3v) is 2.14. The number of alkyl halides is 6. The Morgan fingerprint density at radius 3 is 2.05 bits per heavy atom. The van der Waals surface area contributed by atoms with Gasteiger partial charge in [0.05, 0.1) is 4.92 Å². The lowest BCUT2D eigenvalue weighted by atomic mass is 10.2. The monoisotopic (exact) mass is 303 g/mol. The van der Waals surface area contributed by atoms with Crippen LogP contribution in [0.15, 0.2) is 24.3 Å². The molecule has 0 aliphatic rings. The fourth-order valence-electron chi connectivity index (χ4n) is 1.16. The first kappa shape index (κ1) is 16.1. The number of hydrogen-bond donors (Lipinski definition) is 0. The van der Waals surface area contributed by atoms with Crippen LogP contribution in [0.5, 0.6) is 5.75 Å². The van der Waals surface area contributed by atoms with Crippen LogP contribution in [0.25, 0.3) is 0 Å². The van der Waals surface area contributed by atoms with Crippen LogP contribution in [0, 0.1) is 10.1 Å². The van der Waals surface area contributed by atoms with E-state index in [1.54, 1.807) is 0 Å². The highest BCUT2D eigenvalue weighted by Gasteiger charge is 2.57. The van der Waals surface area contributed by atoms with Gasteiger partial charge in [-0.2, -0.15) is 22.0 Å². The molecule has 0 fully saturated rings. The molecule has 0 saturated heterocycles. The first-order chi connectivity index (χ1) is 9.04. The van der Waals surface area contributed by atoms with Gasteiger partial charge < -0.3 is 4.74 Å². The van der Waals surface area contributed by atoms with E-state index < -0.39 is 29.8 Å². The van der Waals surface area contributed by atoms with Crippen LogP contribution in [0.1, 0.15) is 0 Å². The van der Waals surface area contributed by atoms with Crippen molar-refractivity contribution in [2.24, 2.45) is 0 Å². The second-order valence-electron chi connectivity index (χ2n) is 3.70. The first-order valence-corrected chi connectivity index (χ1v) is 5.00. The van der Waals surface area contributed by atoms with Crippen molar-refractivity contribution in [2.45, 2.75) is 18.3 Å². The van der Waals surface area contributed by atoms with E-state index in [-0.39, 0.29) is 11.4 Å². The Kier molecular flexibility index (Phi) is 4.46. The molecule has 1 aromatic rings. The summed E-state index contributed by atoms with van der Waals surface area (Å²) < 4.78 is 78.1. The molecule has 0 radical (unpaired) electrons. The van der Waals surface area contributed by atoms with E-state index in [4.69, 9.17) is 0 Å². The quantitative estimate of drug-likeness (QED) is 0.475. The third kappa shape index (κ3) is 4.00. The predicted octanol–water partition coefficient (Wildman–Crippen LogP) is 3.51. The molecular formula is C10H7F6NO3. The molecule has 112 valence electrons. The van der Waals surface area contributed by atoms with Gasteiger partial charge in [-0.3, -0.25) is 10.1 Å². The van der Waals surface area contributed by atoms with Crippen molar-refractivity contribution in [2.75, 3.05) is 6.61 Å². The van der Waals surface area contributed by atoms with Crippen LogP contribution < -0.4 is 4.74 Å². The van der Waals surface area contributed by atoms with Gasteiger partial charge in [0.15, 0.2) is 6.61 Å². The highest BCUT2D eigenvalue weighted by molar-refractivity contribution is 5.35. The first-order valence-electron chi connectivity index (χ1n) is 5.00. The van der Waals surface area contributed by atoms with Gasteiger partial charge in [0.25, 0.3) is 11.9 Å². The molecule has 0 bridgehead atoms. The van der Waals surface area contributed by atoms with Crippen LogP contribution in [-0.2, 0) is 0 Å². The molecule has 0 aliphatic carbocycles. The van der Waals surface area contributed by atoms with E-state index in [2.05, 4.69) is 4.74 Å². The summed E-state index contributed by atoms with van der Waals surface area (Å²) in [4.78, 5) is 9.53. The Balaban J connectivity index is 2.68. The fourth-order valence-corrected chi connectivity index (χ4v) is 1.16. The van der Waals surface area contributed by atoms with Crippen molar-refractivity contribution in [1.82, 2.24) is 0 Å². The SMILES string of the molecule is O=[N+]([O-])c1ccc(OCC(F)(F)[C@H](F)C(F)(F)F)cc1. The van der Waals surface area contributed by atoms with Crippen LogP contribution in [0.2, 0.25) is 0 Å². The predicted molar refractivity (Wildman–Crippen MR) is 54.5 cm³/mol. The third-order valence-electron chi connectivity index (χ3n) is 2.14. The Morgan fingerprint density at radius 1 is 1.15 bits per heavy atom. The summed E-state index contributed by atoms with van der Waals surface area (Å²) in [5, 5.41) is 10.3. The normalized spacial score (nSPS) is 13.9. The summed E-state index contributed by atoms with van der Waals surface area (Å²) in [6, 6.07) is 3.64. The molecule has 0 unspecified atom stereocenters. The lowest BCUT2D eigenvalue weighted by Gasteiger charge is -2.22. The van der Waals surface area contributed by atoms with Gasteiger partial charge in [-0.1, -0.05) is 0 Å². The molecule has 0 amide bonds. The largest absolute Gasteiger partial charge is 0.487 e. The van der Waals surface area contributed by atoms with Crippen LogP contribution in [0.3, 0.4) is 0 Å². The van der Waals surface area contributed by atoms with E-state index in [0.717, 1.165) is 24.3 Å². The number of nitro benzene ring substituents is 1. The molecule has 0 saturated carbocycles. The number of ether oxygens (including phenoxy) is 1. The maximum absolute atomic E-state index is 12.9. The van der Waals surface area contributed by atoms with Gasteiger partial charge in [-0.25, -0.2) is 4.39 Å². The maximum atomic E-state index is 12.9. The van der Waals surface area contributed by atoms with Gasteiger partial charge in [-0.15, -0.1) is 0 Å². The Morgan fingerprint density at radius 2 is 1.65 bits per heavy atom. The zero-order valence-corrected chi connectivity index (χ0v) is 9.53. The molecule has 20 heavy (non-hydrogen) atoms. The molecular weight excluding hydrogens is 296 g/mol. The van der Waals surface area contributed by atoms with Crippen molar-refractivity contribution >= 4 is 5.69 Å². The van der Waals surface area contributed by atoms with Crippen LogP contribution in [-0.4, -0.2) is 29.8 Å². The van der Waals surface area contributed by atoms with Gasteiger partial charge in [0, 0.05) is 12.1 Å². The van der Waals surface area contributed by atoms with Gasteiger partial charge in [0.2, 0.25) is 0 Å². The molecule has 0 spiro atoms. The van der Waals surface area contributed by atoms with Gasteiger partial charge in [0.1, 0.15) is 5.75 Å². The second kappa shape index (κ2) is 5.55. The van der Waals surface area contributed by atoms with Crippen molar-refractivity contribution in [3.63, 3.8) is 0 Å². The van der Waals surface area contributed by atoms with Gasteiger partial charge in [-0.05, 0) is 12.1 Å². The summed E-state index contributed by atoms with van der Waals surface area (Å²) in [5.41, 5.74) is -0.359. The van der Waals surface area contributed by atoms with Crippen molar-refractivity contribution in [1.29, 1.82) is 0 Å². The number of benzene rings is 1. The smallest absolute Gasteiger partial charge is 0.425 e. The minimum atomic E-state index is -5.71. The Bertz CT molecular complexity index is 473. The van der Waals surface area contributed by atoms with E-state index >= 15 is 0 Å². The van der Waals surface area contributed by atoms with Crippen molar-refractivity contribution in [3.05, 3.63) is 34.4 Å². The highest BCUT2D eigenvalue weighted by Crippen LogP contribution is 2.35. The molecule has 4 nitrogen and oxygen atoms in total. The lowest BCUT2D eigenvalue weighted by molar-refractivity contribution is -0.384. The van der Waals surface area contributed by atoms with Crippen molar-refractivity contribution < 1.29 is 36.0 Å². The van der Waals surface area contributed by atoms with E-state index in [0.29, 0.717) is 0 Å². The number of hydrogen-bond acceptors (Lipinski definition) is 3. The van der Waals surface area contributed by atoms with Crippen LogP contribution >= 0.6 is 0 Å². The minimum Gasteiger partial charge on any atom is -0.487 e. The molecule has 1 atom stereocenters. The molecule has 0 heterocycles. The number of non-ortho nitro benzene ring substituents is 1. The number of nitro groups is 1. The summed E-state index contributed by atoms with van der Waals surface area (Å²) in [6.07, 6.45) is -10.1. The molecule has 0 aliphatic heterocycles. The number of nitrogens with zero attached hydrogens (tertiary/aromatic N) is 1. The zero-order valence-electron chi connectivity index (χ0n) is 9.53. The zero-order chi connectivity index (χ0) is 15.6. The summed E-state index contributed by atoms with van der Waals surface area (Å²) >= 11 is 0. The number of halogens is 6. The van der Waals surface area contributed by atoms with Gasteiger partial charge >= 0.3 is 12.1 Å². The summed E-state index contributed by atoms with van der Waals surface area (Å²) in [7, 11) is 0. The molecule has 0 aromatic heterocycles. The molecule has 10 heteroatoms. The maximum Gasteiger partial charge on any atom is 0.425 e. The number of rotatable bonds is 5. The Hall–Kier alpha value is -2.00. The minimum absolute atomic E-state index is 0.343. The molecule has 1 rings (SSSR count). The van der Waals surface area contributed by atoms with Crippen molar-refractivity contribution in [3.8, 4) is 5.75 Å². The molecule has 0 N–H and O–H groups in total. The topological polar surface area (TPSA) is 52.4 Å². The van der Waals surface area contributed by atoms with Crippen LogP contribution in [0.4, 0.5) is 32.0 Å². The standard InChI is InChI=1S/C10H7F6NO3/c11-8(10(14,15)16)9(12,13)5-20-7-3-1-6(2-4-7)17(18)19/h1-4,8H,5H2/t8-/m0/s1. The fraction of sp³-hybridized carbons (Fsp3) is 0.400. The summed E-state index contributed by atoms with van der Waals surface area (Å²) in [6.45, 7) is -1.84. The average Bonchev–Trinajstić information content (AvgIpc) is 2.35. The Labute approximate surface area is 108 Å². The highest BCUT2D eigenvalue weighted by atomic mass is 19.4.